The molecule has 2 aromatic heterocycles. The fourth-order valence-electron chi connectivity index (χ4n) is 3.48. The maximum absolute atomic E-state index is 13.8. The Labute approximate surface area is 144 Å². The van der Waals surface area contributed by atoms with Gasteiger partial charge < -0.3 is 4.42 Å². The van der Waals surface area contributed by atoms with Crippen LogP contribution in [0.25, 0.3) is 11.6 Å². The van der Waals surface area contributed by atoms with Gasteiger partial charge in [-0.3, -0.25) is 0 Å². The molecule has 0 saturated heterocycles. The number of hydrogen-bond donors (Lipinski definition) is 0. The monoisotopic (exact) mass is 340 g/mol. The van der Waals surface area contributed by atoms with E-state index in [4.69, 9.17) is 4.42 Å². The van der Waals surface area contributed by atoms with Gasteiger partial charge in [0, 0.05) is 6.42 Å². The van der Waals surface area contributed by atoms with E-state index >= 15 is 0 Å². The Bertz CT molecular complexity index is 882. The zero-order valence-corrected chi connectivity index (χ0v) is 13.9. The molecule has 128 valence electrons. The predicted molar refractivity (Wildman–Crippen MR) is 90.2 cm³/mol. The van der Waals surface area contributed by atoms with Gasteiger partial charge in [-0.1, -0.05) is 6.07 Å². The van der Waals surface area contributed by atoms with Gasteiger partial charge >= 0.3 is 0 Å². The third-order valence-electron chi connectivity index (χ3n) is 4.66. The number of halogens is 2. The van der Waals surface area contributed by atoms with E-state index in [0.29, 0.717) is 18.0 Å². The van der Waals surface area contributed by atoms with Crippen molar-refractivity contribution in [2.75, 3.05) is 0 Å². The van der Waals surface area contributed by atoms with Crippen LogP contribution in [0.2, 0.25) is 0 Å². The molecule has 25 heavy (non-hydrogen) atoms. The summed E-state index contributed by atoms with van der Waals surface area (Å²) >= 11 is 0. The average Bonchev–Trinajstić information content (AvgIpc) is 2.86. The van der Waals surface area contributed by atoms with Gasteiger partial charge in [-0.05, 0) is 67.5 Å². The Morgan fingerprint density at radius 3 is 2.76 bits per heavy atom. The molecule has 1 atom stereocenters. The molecule has 0 amide bonds. The number of aromatic nitrogens is 2. The van der Waals surface area contributed by atoms with Crippen molar-refractivity contribution in [1.29, 1.82) is 0 Å². The number of fused-ring (bicyclic) bond motifs is 1. The molecule has 3 nitrogen and oxygen atoms in total. The lowest BCUT2D eigenvalue weighted by Crippen LogP contribution is -2.02. The number of rotatable bonds is 2. The second kappa shape index (κ2) is 6.39. The van der Waals surface area contributed by atoms with Crippen LogP contribution in [0.15, 0.2) is 40.9 Å². The van der Waals surface area contributed by atoms with Crippen LogP contribution in [0.3, 0.4) is 0 Å². The summed E-state index contributed by atoms with van der Waals surface area (Å²) in [6.07, 6.45) is 4.61. The molecule has 0 bridgehead atoms. The molecule has 0 spiro atoms. The third kappa shape index (κ3) is 3.31. The van der Waals surface area contributed by atoms with Crippen molar-refractivity contribution in [3.8, 4) is 11.6 Å². The summed E-state index contributed by atoms with van der Waals surface area (Å²) in [4.78, 5) is 8.58. The van der Waals surface area contributed by atoms with Gasteiger partial charge in [0.1, 0.15) is 23.1 Å². The van der Waals surface area contributed by atoms with E-state index < -0.39 is 5.82 Å². The number of aryl methyl sites for hydroxylation is 2. The van der Waals surface area contributed by atoms with Gasteiger partial charge in [0.15, 0.2) is 0 Å². The number of hydrogen-bond acceptors (Lipinski definition) is 3. The maximum atomic E-state index is 13.8. The number of pyridine rings is 1. The number of nitrogens with zero attached hydrogens (tertiary/aromatic N) is 2. The van der Waals surface area contributed by atoms with Crippen molar-refractivity contribution in [2.45, 2.75) is 38.5 Å². The van der Waals surface area contributed by atoms with E-state index in [-0.39, 0.29) is 11.7 Å². The Kier molecular flexibility index (Phi) is 4.07. The van der Waals surface area contributed by atoms with E-state index in [1.165, 1.54) is 6.07 Å². The van der Waals surface area contributed by atoms with Crippen LogP contribution in [0.1, 0.15) is 41.3 Å². The zero-order chi connectivity index (χ0) is 17.4. The second-order valence-electron chi connectivity index (χ2n) is 6.61. The van der Waals surface area contributed by atoms with Crippen LogP contribution in [0, 0.1) is 18.6 Å². The largest absolute Gasteiger partial charge is 0.440 e. The van der Waals surface area contributed by atoms with E-state index in [2.05, 4.69) is 9.97 Å². The first kappa shape index (κ1) is 15.9. The smallest absolute Gasteiger partial charge is 0.245 e. The second-order valence-corrected chi connectivity index (χ2v) is 6.61. The summed E-state index contributed by atoms with van der Waals surface area (Å²) in [5.74, 6) is 0.857. The van der Waals surface area contributed by atoms with Gasteiger partial charge in [-0.25, -0.2) is 18.7 Å². The topological polar surface area (TPSA) is 38.9 Å². The first-order chi connectivity index (χ1) is 12.1. The maximum Gasteiger partial charge on any atom is 0.245 e. The molecule has 1 unspecified atom stereocenters. The van der Waals surface area contributed by atoms with E-state index in [1.807, 2.05) is 13.0 Å². The molecule has 0 saturated carbocycles. The van der Waals surface area contributed by atoms with Crippen LogP contribution in [-0.4, -0.2) is 9.97 Å². The van der Waals surface area contributed by atoms with Gasteiger partial charge in [-0.15, -0.1) is 0 Å². The minimum atomic E-state index is -0.390. The molecular formula is C20H18F2N2O. The van der Waals surface area contributed by atoms with E-state index in [0.717, 1.165) is 48.0 Å². The minimum Gasteiger partial charge on any atom is -0.440 e. The Balaban J connectivity index is 1.65. The lowest BCUT2D eigenvalue weighted by molar-refractivity contribution is 0.485. The molecule has 2 heterocycles. The van der Waals surface area contributed by atoms with Crippen molar-refractivity contribution < 1.29 is 13.2 Å². The Hall–Kier alpha value is -2.56. The fourth-order valence-corrected chi connectivity index (χ4v) is 3.48. The summed E-state index contributed by atoms with van der Waals surface area (Å²) in [6.45, 7) is 1.90. The highest BCUT2D eigenvalue weighted by atomic mass is 19.1. The molecule has 0 N–H and O–H groups in total. The molecule has 0 radical (unpaired) electrons. The zero-order valence-electron chi connectivity index (χ0n) is 13.9. The van der Waals surface area contributed by atoms with Crippen molar-refractivity contribution in [3.63, 3.8) is 0 Å². The normalized spacial score (nSPS) is 17.2. The number of benzene rings is 1. The van der Waals surface area contributed by atoms with Gasteiger partial charge in [0.05, 0.1) is 11.9 Å². The van der Waals surface area contributed by atoms with E-state index in [9.17, 15) is 8.78 Å². The van der Waals surface area contributed by atoms with Gasteiger partial charge in [0.2, 0.25) is 5.89 Å². The highest BCUT2D eigenvalue weighted by Gasteiger charge is 2.24. The lowest BCUT2D eigenvalue weighted by atomic mass is 9.91. The summed E-state index contributed by atoms with van der Waals surface area (Å²) in [7, 11) is 0. The first-order valence-corrected chi connectivity index (χ1v) is 8.46. The quantitative estimate of drug-likeness (QED) is 0.617. The summed E-state index contributed by atoms with van der Waals surface area (Å²) < 4.78 is 32.7. The highest BCUT2D eigenvalue weighted by Crippen LogP contribution is 2.34. The summed E-state index contributed by atoms with van der Waals surface area (Å²) in [6, 6.07) is 8.10. The van der Waals surface area contributed by atoms with Crippen molar-refractivity contribution in [2.24, 2.45) is 0 Å². The highest BCUT2D eigenvalue weighted by molar-refractivity contribution is 5.47. The molecule has 3 aromatic rings. The third-order valence-corrected chi connectivity index (χ3v) is 4.66. The molecule has 5 heteroatoms. The van der Waals surface area contributed by atoms with Crippen molar-refractivity contribution in [3.05, 3.63) is 70.7 Å². The predicted octanol–water partition coefficient (Wildman–Crippen LogP) is 4.99. The molecule has 1 aromatic carbocycles. The van der Waals surface area contributed by atoms with Crippen molar-refractivity contribution in [1.82, 2.24) is 9.97 Å². The van der Waals surface area contributed by atoms with E-state index in [1.54, 1.807) is 18.2 Å². The van der Waals surface area contributed by atoms with Gasteiger partial charge in [0.25, 0.3) is 0 Å². The molecular weight excluding hydrogens is 322 g/mol. The molecule has 0 fully saturated rings. The summed E-state index contributed by atoms with van der Waals surface area (Å²) in [5, 5.41) is 0. The van der Waals surface area contributed by atoms with Crippen LogP contribution in [0.5, 0.6) is 0 Å². The van der Waals surface area contributed by atoms with Crippen molar-refractivity contribution >= 4 is 0 Å². The first-order valence-electron chi connectivity index (χ1n) is 8.46. The van der Waals surface area contributed by atoms with Crippen LogP contribution >= 0.6 is 0 Å². The van der Waals surface area contributed by atoms with Crippen LogP contribution in [0.4, 0.5) is 8.78 Å². The molecule has 0 aliphatic heterocycles. The molecule has 1 aliphatic rings. The number of oxazole rings is 1. The SMILES string of the molecule is Cc1cc(F)cc(C2CCCc3nc(-c4ccc(F)cn4)oc3C2)c1. The standard InChI is InChI=1S/C20H18F2N2O/c1-12-7-14(9-16(22)8-12)13-3-2-4-17-19(10-13)25-20(24-17)18-6-5-15(21)11-23-18/h5-9,11,13H,2-4,10H2,1H3. The Morgan fingerprint density at radius 1 is 1.12 bits per heavy atom. The Morgan fingerprint density at radius 2 is 2.00 bits per heavy atom. The molecule has 1 aliphatic carbocycles. The lowest BCUT2D eigenvalue weighted by Gasteiger charge is -2.15. The minimum absolute atomic E-state index is 0.201. The summed E-state index contributed by atoms with van der Waals surface area (Å²) in [5.41, 5.74) is 3.38. The van der Waals surface area contributed by atoms with Crippen LogP contribution < -0.4 is 0 Å². The van der Waals surface area contributed by atoms with Gasteiger partial charge in [-0.2, -0.15) is 0 Å². The van der Waals surface area contributed by atoms with Crippen LogP contribution in [-0.2, 0) is 12.8 Å². The fraction of sp³-hybridized carbons (Fsp3) is 0.300. The average molecular weight is 340 g/mol. The molecule has 4 rings (SSSR count).